The number of aliphatic carboxylic acids is 1. The third-order valence-electron chi connectivity index (χ3n) is 8.64. The first kappa shape index (κ1) is 34.3. The molecule has 2 heterocycles. The number of esters is 2. The fraction of sp³-hybridized carbons (Fsp3) is 0.382. The monoisotopic (exact) mass is 668 g/mol. The Kier molecular flexibility index (Phi) is 9.44. The molecule has 4 N–H and O–H groups in total. The second kappa shape index (κ2) is 13.2. The van der Waals surface area contributed by atoms with Crippen LogP contribution in [0, 0.1) is 0 Å². The van der Waals surface area contributed by atoms with Gasteiger partial charge in [-0.25, -0.2) is 9.59 Å². The molecule has 0 aliphatic carbocycles. The van der Waals surface area contributed by atoms with Crippen molar-refractivity contribution in [1.29, 1.82) is 0 Å². The van der Waals surface area contributed by atoms with Crippen LogP contribution >= 0.6 is 0 Å². The first-order valence-corrected chi connectivity index (χ1v) is 14.8. The quantitative estimate of drug-likeness (QED) is 0.151. The van der Waals surface area contributed by atoms with Gasteiger partial charge in [0.2, 0.25) is 5.76 Å². The summed E-state index contributed by atoms with van der Waals surface area (Å²) < 4.78 is 39.0. The number of aromatic hydroxyl groups is 2. The molecule has 2 aliphatic heterocycles. The highest BCUT2D eigenvalue weighted by molar-refractivity contribution is 6.11. The highest BCUT2D eigenvalue weighted by Gasteiger charge is 2.42. The predicted octanol–water partition coefficient (Wildman–Crippen LogP) is 4.27. The van der Waals surface area contributed by atoms with Crippen LogP contribution in [0.2, 0.25) is 0 Å². The Morgan fingerprint density at radius 2 is 1.52 bits per heavy atom. The largest absolute Gasteiger partial charge is 0.507 e. The topological polar surface area (TPSA) is 197 Å². The van der Waals surface area contributed by atoms with Gasteiger partial charge >= 0.3 is 17.9 Å². The summed E-state index contributed by atoms with van der Waals surface area (Å²) in [5.41, 5.74) is 0.124. The minimum Gasteiger partial charge on any atom is -0.507 e. The smallest absolute Gasteiger partial charge is 0.371 e. The summed E-state index contributed by atoms with van der Waals surface area (Å²) >= 11 is 0. The maximum atomic E-state index is 13.5. The summed E-state index contributed by atoms with van der Waals surface area (Å²) in [4.78, 5) is 38.4. The summed E-state index contributed by atoms with van der Waals surface area (Å²) in [6, 6.07) is 3.11. The number of carboxylic acids is 1. The number of aliphatic hydroxyl groups is 1. The SMILES string of the molecule is COC(=O)c1c(O)c2c(c(-c3c4c(c(O)c5c(OC)cc(OC)cc35)COC(C)C4O)c1/C=C(\OC)C(=O)O)C(OC(C)=O)C(C)OC2. The van der Waals surface area contributed by atoms with Gasteiger partial charge in [-0.15, -0.1) is 0 Å². The number of fused-ring (bicyclic) bond motifs is 3. The van der Waals surface area contributed by atoms with Gasteiger partial charge in [0.15, 0.2) is 6.10 Å². The third-order valence-corrected chi connectivity index (χ3v) is 8.64. The molecule has 5 rings (SSSR count). The molecule has 0 spiro atoms. The molecule has 3 aromatic rings. The van der Waals surface area contributed by atoms with Gasteiger partial charge < -0.3 is 53.6 Å². The van der Waals surface area contributed by atoms with Crippen LogP contribution in [0.1, 0.15) is 71.2 Å². The number of aliphatic hydroxyl groups excluding tert-OH is 1. The van der Waals surface area contributed by atoms with Gasteiger partial charge in [0.05, 0.1) is 59.2 Å². The van der Waals surface area contributed by atoms with E-state index in [9.17, 15) is 34.8 Å². The van der Waals surface area contributed by atoms with Gasteiger partial charge in [-0.3, -0.25) is 4.79 Å². The Bertz CT molecular complexity index is 1860. The molecular formula is C34H36O14. The van der Waals surface area contributed by atoms with Crippen LogP contribution in [0.3, 0.4) is 0 Å². The number of rotatable bonds is 8. The number of benzene rings is 3. The van der Waals surface area contributed by atoms with Crippen LogP contribution in [-0.4, -0.2) is 79.0 Å². The predicted molar refractivity (Wildman–Crippen MR) is 168 cm³/mol. The van der Waals surface area contributed by atoms with E-state index in [-0.39, 0.29) is 80.2 Å². The van der Waals surface area contributed by atoms with E-state index in [0.29, 0.717) is 0 Å². The lowest BCUT2D eigenvalue weighted by molar-refractivity contribution is -0.157. The van der Waals surface area contributed by atoms with Crippen LogP contribution in [0.15, 0.2) is 17.9 Å². The van der Waals surface area contributed by atoms with E-state index in [2.05, 4.69) is 0 Å². The molecule has 14 heteroatoms. The van der Waals surface area contributed by atoms with Crippen LogP contribution in [0.5, 0.6) is 23.0 Å². The van der Waals surface area contributed by atoms with Crippen molar-refractivity contribution >= 4 is 34.8 Å². The Morgan fingerprint density at radius 1 is 0.875 bits per heavy atom. The number of carbonyl (C=O) groups excluding carboxylic acids is 2. The molecule has 4 atom stereocenters. The minimum atomic E-state index is -1.51. The molecule has 0 saturated heterocycles. The van der Waals surface area contributed by atoms with Crippen molar-refractivity contribution in [3.8, 4) is 34.1 Å². The molecular weight excluding hydrogens is 632 g/mol. The number of carbonyl (C=O) groups is 3. The number of carboxylic acid groups (broad SMARTS) is 1. The molecule has 256 valence electrons. The Hall–Kier alpha value is -5.05. The third kappa shape index (κ3) is 5.51. The molecule has 0 saturated carbocycles. The molecule has 48 heavy (non-hydrogen) atoms. The Balaban J connectivity index is 2.19. The van der Waals surface area contributed by atoms with Crippen molar-refractivity contribution in [2.24, 2.45) is 0 Å². The van der Waals surface area contributed by atoms with Crippen LogP contribution in [0.4, 0.5) is 0 Å². The Labute approximate surface area is 274 Å². The number of methoxy groups -OCH3 is 4. The highest BCUT2D eigenvalue weighted by atomic mass is 16.6. The van der Waals surface area contributed by atoms with E-state index in [4.69, 9.17) is 33.2 Å². The summed E-state index contributed by atoms with van der Waals surface area (Å²) in [6.07, 6.45) is -3.18. The maximum Gasteiger partial charge on any atom is 0.371 e. The number of hydrogen-bond donors (Lipinski definition) is 4. The molecule has 14 nitrogen and oxygen atoms in total. The molecule has 4 unspecified atom stereocenters. The molecule has 3 aromatic carbocycles. The maximum absolute atomic E-state index is 13.5. The van der Waals surface area contributed by atoms with Crippen molar-refractivity contribution in [3.05, 3.63) is 51.3 Å². The summed E-state index contributed by atoms with van der Waals surface area (Å²) in [6.45, 7) is 4.04. The normalized spacial score (nSPS) is 20.4. The van der Waals surface area contributed by atoms with Gasteiger partial charge in [-0.1, -0.05) is 0 Å². The first-order chi connectivity index (χ1) is 22.8. The zero-order chi connectivity index (χ0) is 35.2. The van der Waals surface area contributed by atoms with Crippen molar-refractivity contribution in [2.75, 3.05) is 28.4 Å². The van der Waals surface area contributed by atoms with E-state index >= 15 is 0 Å². The second-order valence-corrected chi connectivity index (χ2v) is 11.3. The fourth-order valence-corrected chi connectivity index (χ4v) is 6.39. The molecule has 2 aliphatic rings. The first-order valence-electron chi connectivity index (χ1n) is 14.8. The lowest BCUT2D eigenvalue weighted by Crippen LogP contribution is -2.31. The average Bonchev–Trinajstić information content (AvgIpc) is 3.06. The molecule has 0 radical (unpaired) electrons. The van der Waals surface area contributed by atoms with Gasteiger partial charge in [0.25, 0.3) is 0 Å². The van der Waals surface area contributed by atoms with Crippen LogP contribution < -0.4 is 9.47 Å². The van der Waals surface area contributed by atoms with Gasteiger partial charge in [-0.2, -0.15) is 0 Å². The van der Waals surface area contributed by atoms with Crippen molar-refractivity contribution in [2.45, 2.75) is 58.4 Å². The van der Waals surface area contributed by atoms with Crippen LogP contribution in [-0.2, 0) is 46.5 Å². The Morgan fingerprint density at radius 3 is 2.08 bits per heavy atom. The number of phenols is 2. The highest BCUT2D eigenvalue weighted by Crippen LogP contribution is 2.55. The van der Waals surface area contributed by atoms with Gasteiger partial charge in [-0.05, 0) is 37.1 Å². The average molecular weight is 669 g/mol. The van der Waals surface area contributed by atoms with E-state index < -0.39 is 59.4 Å². The zero-order valence-corrected chi connectivity index (χ0v) is 27.3. The lowest BCUT2D eigenvalue weighted by atomic mass is 9.76. The van der Waals surface area contributed by atoms with E-state index in [1.165, 1.54) is 21.1 Å². The van der Waals surface area contributed by atoms with Crippen molar-refractivity contribution in [3.63, 3.8) is 0 Å². The van der Waals surface area contributed by atoms with Crippen molar-refractivity contribution in [1.82, 2.24) is 0 Å². The van der Waals surface area contributed by atoms with Crippen LogP contribution in [0.25, 0.3) is 28.0 Å². The van der Waals surface area contributed by atoms with E-state index in [1.54, 1.807) is 26.0 Å². The summed E-state index contributed by atoms with van der Waals surface area (Å²) in [7, 11) is 5.01. The minimum absolute atomic E-state index is 0.0422. The second-order valence-electron chi connectivity index (χ2n) is 11.3. The van der Waals surface area contributed by atoms with E-state index in [0.717, 1.165) is 20.3 Å². The zero-order valence-electron chi connectivity index (χ0n) is 27.3. The van der Waals surface area contributed by atoms with Crippen molar-refractivity contribution < 1.29 is 68.0 Å². The standard InChI is InChI=1S/C34H36O14/c1-13-29(36)26-19(11-46-13)30(37)23-17(8-16(42-4)9-21(23)43-5)24(26)25-18(10-22(44-6)33(39)40)28(34(41)45-7)31(38)20-12-47-14(2)32(27(20)25)48-15(3)35/h8-10,13-14,29,32,36-38H,11-12H2,1-7H3,(H,39,40)/b22-10-. The molecule has 0 aromatic heterocycles. The van der Waals surface area contributed by atoms with E-state index in [1.807, 2.05) is 0 Å². The fourth-order valence-electron chi connectivity index (χ4n) is 6.39. The summed E-state index contributed by atoms with van der Waals surface area (Å²) in [5, 5.41) is 45.7. The molecule has 0 bridgehead atoms. The molecule has 0 amide bonds. The van der Waals surface area contributed by atoms with Gasteiger partial charge in [0, 0.05) is 46.2 Å². The summed E-state index contributed by atoms with van der Waals surface area (Å²) in [5.74, 6) is -4.30. The number of ether oxygens (including phenoxy) is 7. The number of hydrogen-bond acceptors (Lipinski definition) is 13. The van der Waals surface area contributed by atoms with Gasteiger partial charge in [0.1, 0.15) is 34.7 Å². The lowest BCUT2D eigenvalue weighted by Gasteiger charge is -2.37. The molecule has 0 fully saturated rings. The number of phenolic OH excluding ortho intramolecular Hbond substituents is 2.